The molecule has 0 N–H and O–H groups in total. The van der Waals surface area contributed by atoms with Gasteiger partial charge in [0.25, 0.3) is 0 Å². The molecule has 7 nitrogen and oxygen atoms in total. The Morgan fingerprint density at radius 2 is 1.72 bits per heavy atom. The number of rotatable bonds is 5. The topological polar surface area (TPSA) is 74.3 Å². The van der Waals surface area contributed by atoms with Crippen LogP contribution < -0.4 is 0 Å². The van der Waals surface area contributed by atoms with Crippen molar-refractivity contribution in [1.82, 2.24) is 34.1 Å². The van der Waals surface area contributed by atoms with Crippen molar-refractivity contribution in [3.63, 3.8) is 0 Å². The standard InChI is InChI=1S/C22H19N7/c1-2-29-19-14-16(17-6-3-4-9-23-17)7-8-18(19)27-20(29)15-28-13-12-26-22(28)21-24-10-5-11-25-21/h3-14H,2,15H2,1H3. The lowest BCUT2D eigenvalue weighted by Gasteiger charge is -2.09. The van der Waals surface area contributed by atoms with Gasteiger partial charge in [0.05, 0.1) is 23.3 Å². The van der Waals surface area contributed by atoms with E-state index in [1.54, 1.807) is 24.7 Å². The molecule has 0 saturated carbocycles. The summed E-state index contributed by atoms with van der Waals surface area (Å²) in [5.41, 5.74) is 4.11. The minimum Gasteiger partial charge on any atom is -0.327 e. The molecule has 0 spiro atoms. The van der Waals surface area contributed by atoms with Gasteiger partial charge in [-0.2, -0.15) is 0 Å². The lowest BCUT2D eigenvalue weighted by atomic mass is 10.1. The summed E-state index contributed by atoms with van der Waals surface area (Å²) in [5, 5.41) is 0. The zero-order chi connectivity index (χ0) is 19.6. The van der Waals surface area contributed by atoms with Crippen LogP contribution in [0.15, 0.2) is 73.4 Å². The molecule has 0 fully saturated rings. The number of aryl methyl sites for hydroxylation is 1. The third-order valence-electron chi connectivity index (χ3n) is 4.90. The van der Waals surface area contributed by atoms with Gasteiger partial charge < -0.3 is 9.13 Å². The minimum absolute atomic E-state index is 0.592. The second-order valence-electron chi connectivity index (χ2n) is 6.64. The lowest BCUT2D eigenvalue weighted by molar-refractivity contribution is 0.665. The second-order valence-corrected chi connectivity index (χ2v) is 6.64. The molecule has 0 saturated heterocycles. The van der Waals surface area contributed by atoms with Crippen LogP contribution >= 0.6 is 0 Å². The molecule has 0 aliphatic carbocycles. The highest BCUT2D eigenvalue weighted by atomic mass is 15.2. The zero-order valence-corrected chi connectivity index (χ0v) is 16.0. The van der Waals surface area contributed by atoms with Crippen LogP contribution in [0.3, 0.4) is 0 Å². The molecule has 4 aromatic heterocycles. The molecule has 0 radical (unpaired) electrons. The first-order chi connectivity index (χ1) is 14.3. The number of hydrogen-bond donors (Lipinski definition) is 0. The summed E-state index contributed by atoms with van der Waals surface area (Å²) < 4.78 is 4.26. The van der Waals surface area contributed by atoms with Crippen LogP contribution in [0.2, 0.25) is 0 Å². The summed E-state index contributed by atoms with van der Waals surface area (Å²) in [7, 11) is 0. The average molecular weight is 381 g/mol. The van der Waals surface area contributed by atoms with E-state index in [0.717, 1.165) is 40.5 Å². The summed E-state index contributed by atoms with van der Waals surface area (Å²) in [6, 6.07) is 14.0. The fraction of sp³-hybridized carbons (Fsp3) is 0.136. The Morgan fingerprint density at radius 1 is 0.862 bits per heavy atom. The van der Waals surface area contributed by atoms with Gasteiger partial charge in [-0.1, -0.05) is 12.1 Å². The molecular formula is C22H19N7. The van der Waals surface area contributed by atoms with Gasteiger partial charge >= 0.3 is 0 Å². The lowest BCUT2D eigenvalue weighted by Crippen LogP contribution is -2.09. The van der Waals surface area contributed by atoms with Crippen molar-refractivity contribution in [3.8, 4) is 22.9 Å². The molecule has 29 heavy (non-hydrogen) atoms. The highest BCUT2D eigenvalue weighted by Crippen LogP contribution is 2.25. The number of nitrogens with zero attached hydrogens (tertiary/aromatic N) is 7. The van der Waals surface area contributed by atoms with E-state index in [0.29, 0.717) is 12.4 Å². The van der Waals surface area contributed by atoms with Crippen molar-refractivity contribution >= 4 is 11.0 Å². The van der Waals surface area contributed by atoms with Gasteiger partial charge in [0.15, 0.2) is 11.6 Å². The van der Waals surface area contributed by atoms with Gasteiger partial charge in [0.2, 0.25) is 0 Å². The Labute approximate surface area is 167 Å². The number of pyridine rings is 1. The van der Waals surface area contributed by atoms with E-state index < -0.39 is 0 Å². The highest BCUT2D eigenvalue weighted by molar-refractivity contribution is 5.82. The van der Waals surface area contributed by atoms with Crippen LogP contribution in [0.25, 0.3) is 33.9 Å². The summed E-state index contributed by atoms with van der Waals surface area (Å²) in [4.78, 5) is 22.4. The molecule has 0 bridgehead atoms. The van der Waals surface area contributed by atoms with Crippen molar-refractivity contribution in [2.75, 3.05) is 0 Å². The fourth-order valence-electron chi connectivity index (χ4n) is 3.55. The molecule has 0 aliphatic heterocycles. The highest BCUT2D eigenvalue weighted by Gasteiger charge is 2.15. The predicted molar refractivity (Wildman–Crippen MR) is 111 cm³/mol. The fourth-order valence-corrected chi connectivity index (χ4v) is 3.55. The maximum absolute atomic E-state index is 4.88. The zero-order valence-electron chi connectivity index (χ0n) is 16.0. The third-order valence-corrected chi connectivity index (χ3v) is 4.90. The van der Waals surface area contributed by atoms with Crippen LogP contribution in [-0.2, 0) is 13.1 Å². The number of imidazole rings is 2. The minimum atomic E-state index is 0.592. The van der Waals surface area contributed by atoms with Crippen LogP contribution in [0, 0.1) is 0 Å². The van der Waals surface area contributed by atoms with E-state index in [9.17, 15) is 0 Å². The summed E-state index contributed by atoms with van der Waals surface area (Å²) in [6.07, 6.45) is 8.96. The normalized spacial score (nSPS) is 11.2. The quantitative estimate of drug-likeness (QED) is 0.463. The van der Waals surface area contributed by atoms with Gasteiger partial charge in [0.1, 0.15) is 5.82 Å². The van der Waals surface area contributed by atoms with Crippen molar-refractivity contribution in [3.05, 3.63) is 79.3 Å². The third kappa shape index (κ3) is 3.16. The van der Waals surface area contributed by atoms with Gasteiger partial charge in [-0.15, -0.1) is 0 Å². The molecule has 5 rings (SSSR count). The number of aromatic nitrogens is 7. The van der Waals surface area contributed by atoms with Crippen LogP contribution in [0.1, 0.15) is 12.7 Å². The Balaban J connectivity index is 1.56. The van der Waals surface area contributed by atoms with E-state index in [1.807, 2.05) is 35.2 Å². The van der Waals surface area contributed by atoms with E-state index >= 15 is 0 Å². The maximum atomic E-state index is 4.88. The molecule has 7 heteroatoms. The van der Waals surface area contributed by atoms with Crippen molar-refractivity contribution < 1.29 is 0 Å². The Hall–Kier alpha value is -3.87. The maximum Gasteiger partial charge on any atom is 0.195 e. The first kappa shape index (κ1) is 17.2. The van der Waals surface area contributed by atoms with Gasteiger partial charge in [-0.25, -0.2) is 19.9 Å². The van der Waals surface area contributed by atoms with Crippen molar-refractivity contribution in [1.29, 1.82) is 0 Å². The Bertz CT molecular complexity index is 1260. The van der Waals surface area contributed by atoms with Gasteiger partial charge in [-0.05, 0) is 37.3 Å². The van der Waals surface area contributed by atoms with Crippen LogP contribution in [-0.4, -0.2) is 34.1 Å². The molecule has 0 unspecified atom stereocenters. The number of fused-ring (bicyclic) bond motifs is 1. The summed E-state index contributed by atoms with van der Waals surface area (Å²) in [6.45, 7) is 3.55. The van der Waals surface area contributed by atoms with Crippen LogP contribution in [0.5, 0.6) is 0 Å². The first-order valence-corrected chi connectivity index (χ1v) is 9.52. The van der Waals surface area contributed by atoms with Crippen LogP contribution in [0.4, 0.5) is 0 Å². The average Bonchev–Trinajstić information content (AvgIpc) is 3.38. The molecule has 5 aromatic rings. The van der Waals surface area contributed by atoms with E-state index in [2.05, 4.69) is 49.6 Å². The summed E-state index contributed by atoms with van der Waals surface area (Å²) in [5.74, 6) is 2.31. The Kier molecular flexibility index (Phi) is 4.32. The molecule has 0 amide bonds. The SMILES string of the molecule is CCn1c(Cn2ccnc2-c2ncccn2)nc2ccc(-c3ccccn3)cc21. The molecule has 0 atom stereocenters. The molecular weight excluding hydrogens is 362 g/mol. The monoisotopic (exact) mass is 381 g/mol. The summed E-state index contributed by atoms with van der Waals surface area (Å²) >= 11 is 0. The van der Waals surface area contributed by atoms with Gasteiger partial charge in [0, 0.05) is 43.1 Å². The predicted octanol–water partition coefficient (Wildman–Crippen LogP) is 3.82. The van der Waals surface area contributed by atoms with Gasteiger partial charge in [-0.3, -0.25) is 4.98 Å². The van der Waals surface area contributed by atoms with E-state index in [1.165, 1.54) is 0 Å². The van der Waals surface area contributed by atoms with E-state index in [4.69, 9.17) is 4.98 Å². The Morgan fingerprint density at radius 3 is 2.52 bits per heavy atom. The molecule has 142 valence electrons. The molecule has 0 aliphatic rings. The van der Waals surface area contributed by atoms with E-state index in [-0.39, 0.29) is 0 Å². The largest absolute Gasteiger partial charge is 0.327 e. The van der Waals surface area contributed by atoms with Crippen molar-refractivity contribution in [2.24, 2.45) is 0 Å². The smallest absolute Gasteiger partial charge is 0.195 e. The number of benzene rings is 1. The molecule has 4 heterocycles. The van der Waals surface area contributed by atoms with Crippen molar-refractivity contribution in [2.45, 2.75) is 20.0 Å². The number of hydrogen-bond acceptors (Lipinski definition) is 5. The molecule has 1 aromatic carbocycles. The first-order valence-electron chi connectivity index (χ1n) is 9.52. The second kappa shape index (κ2) is 7.27.